The van der Waals surface area contributed by atoms with Crippen molar-refractivity contribution in [3.63, 3.8) is 0 Å². The Balaban J connectivity index is 1.43. The van der Waals surface area contributed by atoms with Crippen LogP contribution in [0.25, 0.3) is 11.3 Å². The van der Waals surface area contributed by atoms with Crippen LogP contribution in [0, 0.1) is 11.3 Å². The minimum Gasteiger partial charge on any atom is -0.416 e. The van der Waals surface area contributed by atoms with Gasteiger partial charge in [0.2, 0.25) is 5.95 Å². The van der Waals surface area contributed by atoms with Crippen LogP contribution in [0.2, 0.25) is 18.1 Å². The van der Waals surface area contributed by atoms with Crippen LogP contribution in [-0.4, -0.2) is 65.1 Å². The Kier molecular flexibility index (Phi) is 7.90. The zero-order chi connectivity index (χ0) is 31.3. The molecule has 1 saturated carbocycles. The molecule has 11 heteroatoms. The minimum atomic E-state index is -1.96. The average Bonchev–Trinajstić information content (AvgIpc) is 3.64. The Labute approximate surface area is 256 Å². The Hall–Kier alpha value is -3.75. The largest absolute Gasteiger partial charge is 0.416 e. The molecule has 1 aliphatic carbocycles. The van der Waals surface area contributed by atoms with Gasteiger partial charge in [0.15, 0.2) is 14.1 Å². The van der Waals surface area contributed by atoms with Crippen molar-refractivity contribution >= 4 is 31.7 Å². The maximum Gasteiger partial charge on any atom is 0.272 e. The van der Waals surface area contributed by atoms with Crippen LogP contribution in [-0.2, 0) is 9.84 Å². The molecule has 3 heterocycles. The lowest BCUT2D eigenvalue weighted by Crippen LogP contribution is -2.45. The molecule has 43 heavy (non-hydrogen) atoms. The second-order valence-corrected chi connectivity index (χ2v) is 18.8. The number of benzene rings is 1. The summed E-state index contributed by atoms with van der Waals surface area (Å²) >= 11 is 0. The van der Waals surface area contributed by atoms with Crippen LogP contribution >= 0.6 is 0 Å². The molecular weight excluding hydrogens is 556 g/mol. The standard InChI is InChI=1S/C32H44N8O2Si/c1-20(2)40-26(29(41)39(7)23-10-11-23)16-27(38-40)37-30-34-13-12-25(36-30)21-14-22(17-33)28-24(15-21)32(6,18-35-28)19-42-43(8,9)31(3,4)5/h12-16,20,23,35H,10-11,18-19H2,1-9H3,(H,34,36,37,38)/t32-/m1/s1. The first kappa shape index (κ1) is 30.7. The average molecular weight is 601 g/mol. The smallest absolute Gasteiger partial charge is 0.272 e. The summed E-state index contributed by atoms with van der Waals surface area (Å²) in [5.41, 5.74) is 4.27. The highest BCUT2D eigenvalue weighted by molar-refractivity contribution is 6.74. The van der Waals surface area contributed by atoms with Gasteiger partial charge in [0.25, 0.3) is 5.91 Å². The van der Waals surface area contributed by atoms with Gasteiger partial charge in [-0.05, 0) is 68.6 Å². The Morgan fingerprint density at radius 2 is 2.02 bits per heavy atom. The number of fused-ring (bicyclic) bond motifs is 1. The van der Waals surface area contributed by atoms with Crippen LogP contribution in [0.3, 0.4) is 0 Å². The lowest BCUT2D eigenvalue weighted by Gasteiger charge is -2.39. The van der Waals surface area contributed by atoms with Gasteiger partial charge in [-0.3, -0.25) is 9.48 Å². The van der Waals surface area contributed by atoms with E-state index >= 15 is 0 Å². The molecular formula is C32H44N8O2Si. The number of hydrogen-bond donors (Lipinski definition) is 2. The third-order valence-electron chi connectivity index (χ3n) is 9.17. The van der Waals surface area contributed by atoms with Gasteiger partial charge in [-0.15, -0.1) is 0 Å². The first-order valence-corrected chi connectivity index (χ1v) is 18.0. The van der Waals surface area contributed by atoms with E-state index in [-0.39, 0.29) is 22.4 Å². The topological polar surface area (TPSA) is 121 Å². The number of amides is 1. The quantitative estimate of drug-likeness (QED) is 0.268. The lowest BCUT2D eigenvalue weighted by molar-refractivity contribution is 0.0770. The second-order valence-electron chi connectivity index (χ2n) is 14.0. The molecule has 1 aromatic carbocycles. The molecule has 10 nitrogen and oxygen atoms in total. The first-order chi connectivity index (χ1) is 20.1. The van der Waals surface area contributed by atoms with E-state index in [4.69, 9.17) is 9.41 Å². The molecule has 228 valence electrons. The summed E-state index contributed by atoms with van der Waals surface area (Å²) in [5, 5.41) is 21.5. The zero-order valence-corrected chi connectivity index (χ0v) is 27.9. The Morgan fingerprint density at radius 3 is 2.65 bits per heavy atom. The summed E-state index contributed by atoms with van der Waals surface area (Å²) in [4.78, 5) is 24.2. The zero-order valence-electron chi connectivity index (χ0n) is 26.9. The summed E-state index contributed by atoms with van der Waals surface area (Å²) in [5.74, 6) is 0.828. The number of carbonyl (C=O) groups is 1. The molecule has 0 unspecified atom stereocenters. The maximum absolute atomic E-state index is 13.2. The molecule has 1 aliphatic heterocycles. The van der Waals surface area contributed by atoms with Gasteiger partial charge >= 0.3 is 0 Å². The molecule has 1 amide bonds. The van der Waals surface area contributed by atoms with Crippen molar-refractivity contribution in [1.29, 1.82) is 5.26 Å². The summed E-state index contributed by atoms with van der Waals surface area (Å²) in [6.07, 6.45) is 3.77. The second kappa shape index (κ2) is 11.1. The molecule has 2 aliphatic rings. The maximum atomic E-state index is 13.2. The summed E-state index contributed by atoms with van der Waals surface area (Å²) in [6.45, 7) is 18.7. The van der Waals surface area contributed by atoms with Gasteiger partial charge in [-0.1, -0.05) is 27.7 Å². The molecule has 1 atom stereocenters. The van der Waals surface area contributed by atoms with Crippen molar-refractivity contribution in [2.45, 2.75) is 90.0 Å². The van der Waals surface area contributed by atoms with E-state index < -0.39 is 8.32 Å². The monoisotopic (exact) mass is 600 g/mol. The fourth-order valence-corrected chi connectivity index (χ4v) is 6.23. The number of aromatic nitrogens is 4. The van der Waals surface area contributed by atoms with E-state index in [2.05, 4.69) is 73.6 Å². The minimum absolute atomic E-state index is 0.00807. The van der Waals surface area contributed by atoms with Crippen molar-refractivity contribution in [2.75, 3.05) is 30.8 Å². The van der Waals surface area contributed by atoms with Gasteiger partial charge in [0, 0.05) is 55.5 Å². The molecule has 1 fully saturated rings. The summed E-state index contributed by atoms with van der Waals surface area (Å²) < 4.78 is 8.41. The fraction of sp³-hybridized carbons (Fsp3) is 0.531. The number of nitriles is 1. The Morgan fingerprint density at radius 1 is 1.30 bits per heavy atom. The number of hydrogen-bond acceptors (Lipinski definition) is 8. The third-order valence-corrected chi connectivity index (χ3v) is 13.7. The van der Waals surface area contributed by atoms with E-state index in [1.54, 1.807) is 21.8 Å². The Bertz CT molecular complexity index is 1580. The molecule has 2 aromatic heterocycles. The molecule has 5 rings (SSSR count). The highest BCUT2D eigenvalue weighted by atomic mass is 28.4. The number of anilines is 3. The molecule has 0 saturated heterocycles. The van der Waals surface area contributed by atoms with Crippen molar-refractivity contribution < 1.29 is 9.22 Å². The van der Waals surface area contributed by atoms with E-state index in [0.29, 0.717) is 47.9 Å². The van der Waals surface area contributed by atoms with Crippen molar-refractivity contribution in [3.05, 3.63) is 47.3 Å². The molecule has 0 bridgehead atoms. The summed E-state index contributed by atoms with van der Waals surface area (Å²) in [7, 11) is -0.113. The predicted octanol–water partition coefficient (Wildman–Crippen LogP) is 6.48. The predicted molar refractivity (Wildman–Crippen MR) is 172 cm³/mol. The summed E-state index contributed by atoms with van der Waals surface area (Å²) in [6, 6.07) is 10.3. The third kappa shape index (κ3) is 6.04. The van der Waals surface area contributed by atoms with Crippen molar-refractivity contribution in [3.8, 4) is 17.3 Å². The number of nitrogens with zero attached hydrogens (tertiary/aromatic N) is 6. The highest BCUT2D eigenvalue weighted by Gasteiger charge is 2.42. The number of rotatable bonds is 9. The normalized spacial score (nSPS) is 18.3. The van der Waals surface area contributed by atoms with Crippen molar-refractivity contribution in [2.24, 2.45) is 0 Å². The van der Waals surface area contributed by atoms with E-state index in [1.807, 2.05) is 33.0 Å². The van der Waals surface area contributed by atoms with Gasteiger partial charge in [0.1, 0.15) is 11.8 Å². The number of nitrogens with one attached hydrogen (secondary N) is 2. The van der Waals surface area contributed by atoms with Crippen molar-refractivity contribution in [1.82, 2.24) is 24.6 Å². The SMILES string of the molecule is CC(C)n1nc(Nc2nccc(-c3cc(C#N)c4c(c3)[C@@](C)(CO[Si](C)(C)C(C)(C)C)CN4)n2)cc1C(=O)N(C)C1CC1. The van der Waals surface area contributed by atoms with Crippen LogP contribution in [0.4, 0.5) is 17.5 Å². The van der Waals surface area contributed by atoms with E-state index in [0.717, 1.165) is 29.7 Å². The van der Waals surface area contributed by atoms with Gasteiger partial charge in [0.05, 0.1) is 16.9 Å². The molecule has 0 spiro atoms. The van der Waals surface area contributed by atoms with E-state index in [9.17, 15) is 10.1 Å². The van der Waals surface area contributed by atoms with Crippen LogP contribution in [0.5, 0.6) is 0 Å². The van der Waals surface area contributed by atoms with E-state index in [1.165, 1.54) is 0 Å². The van der Waals surface area contributed by atoms with Crippen LogP contribution in [0.1, 0.15) is 82.0 Å². The van der Waals surface area contributed by atoms with Gasteiger partial charge < -0.3 is 20.0 Å². The van der Waals surface area contributed by atoms with Gasteiger partial charge in [-0.2, -0.15) is 10.4 Å². The van der Waals surface area contributed by atoms with Gasteiger partial charge in [-0.25, -0.2) is 9.97 Å². The molecule has 0 radical (unpaired) electrons. The molecule has 3 aromatic rings. The number of carbonyl (C=O) groups excluding carboxylic acids is 1. The first-order valence-electron chi connectivity index (χ1n) is 15.1. The molecule has 2 N–H and O–H groups in total. The van der Waals surface area contributed by atoms with Crippen LogP contribution < -0.4 is 10.6 Å². The highest BCUT2D eigenvalue weighted by Crippen LogP contribution is 2.44. The lowest BCUT2D eigenvalue weighted by atomic mass is 9.83. The fourth-order valence-electron chi connectivity index (χ4n) is 5.12. The van der Waals surface area contributed by atoms with Crippen LogP contribution in [0.15, 0.2) is 30.5 Å².